The van der Waals surface area contributed by atoms with Crippen molar-refractivity contribution in [3.63, 3.8) is 0 Å². The van der Waals surface area contributed by atoms with E-state index in [0.29, 0.717) is 11.1 Å². The molecule has 6 nitrogen and oxygen atoms in total. The first-order valence-electron chi connectivity index (χ1n) is 8.01. The zero-order chi connectivity index (χ0) is 20.3. The number of benzene rings is 2. The molecule has 2 N–H and O–H groups in total. The monoisotopic (exact) mass is 400 g/mol. The van der Waals surface area contributed by atoms with Gasteiger partial charge in [-0.1, -0.05) is 65.8 Å². The largest absolute Gasteiger partial charge is 0.295 e. The van der Waals surface area contributed by atoms with E-state index in [-0.39, 0.29) is 20.6 Å². The normalized spacial score (nSPS) is 14.0. The smallest absolute Gasteiger partial charge is 0.282 e. The summed E-state index contributed by atoms with van der Waals surface area (Å²) >= 11 is 0. The molecule has 0 aliphatic carbocycles. The Hall–Kier alpha value is -1.48. The molecule has 0 spiro atoms. The highest BCUT2D eigenvalue weighted by Crippen LogP contribution is 2.40. The minimum atomic E-state index is -4.63. The summed E-state index contributed by atoms with van der Waals surface area (Å²) in [5.74, 6) is 0. The van der Waals surface area contributed by atoms with E-state index < -0.39 is 31.1 Å². The van der Waals surface area contributed by atoms with Crippen molar-refractivity contribution in [2.45, 2.75) is 62.2 Å². The van der Waals surface area contributed by atoms with Gasteiger partial charge in [0, 0.05) is 10.8 Å². The first-order valence-corrected chi connectivity index (χ1v) is 10.9. The lowest BCUT2D eigenvalue weighted by Gasteiger charge is -2.26. The van der Waals surface area contributed by atoms with Crippen LogP contribution in [0.25, 0.3) is 10.8 Å². The number of hydrogen-bond donors (Lipinski definition) is 2. The van der Waals surface area contributed by atoms with Crippen LogP contribution in [0.15, 0.2) is 34.1 Å². The summed E-state index contributed by atoms with van der Waals surface area (Å²) in [6.07, 6.45) is 0. The number of rotatable bonds is 2. The van der Waals surface area contributed by atoms with E-state index >= 15 is 0 Å². The molecule has 0 bridgehead atoms. The Morgan fingerprint density at radius 1 is 0.615 bits per heavy atom. The average molecular weight is 401 g/mol. The first-order chi connectivity index (χ1) is 11.5. The van der Waals surface area contributed by atoms with E-state index in [1.54, 1.807) is 41.5 Å². The molecule has 2 aromatic carbocycles. The van der Waals surface area contributed by atoms with Gasteiger partial charge in [-0.2, -0.15) is 16.8 Å². The summed E-state index contributed by atoms with van der Waals surface area (Å²) in [4.78, 5) is -0.680. The van der Waals surface area contributed by atoms with Crippen molar-refractivity contribution in [2.75, 3.05) is 0 Å². The highest BCUT2D eigenvalue weighted by Gasteiger charge is 2.31. The van der Waals surface area contributed by atoms with Crippen molar-refractivity contribution < 1.29 is 25.9 Å². The maximum absolute atomic E-state index is 12.1. The van der Waals surface area contributed by atoms with E-state index in [4.69, 9.17) is 0 Å². The maximum Gasteiger partial charge on any atom is 0.295 e. The molecule has 0 heterocycles. The van der Waals surface area contributed by atoms with E-state index in [2.05, 4.69) is 0 Å². The third kappa shape index (κ3) is 3.78. The van der Waals surface area contributed by atoms with Crippen molar-refractivity contribution in [3.05, 3.63) is 35.4 Å². The van der Waals surface area contributed by atoms with E-state index in [9.17, 15) is 25.9 Å². The van der Waals surface area contributed by atoms with E-state index in [0.717, 1.165) is 0 Å². The summed E-state index contributed by atoms with van der Waals surface area (Å²) < 4.78 is 68.0. The van der Waals surface area contributed by atoms with Crippen LogP contribution in [0.4, 0.5) is 0 Å². The minimum Gasteiger partial charge on any atom is -0.282 e. The van der Waals surface area contributed by atoms with Crippen LogP contribution in [0.5, 0.6) is 0 Å². The number of hydrogen-bond acceptors (Lipinski definition) is 4. The molecule has 2 rings (SSSR count). The second-order valence-corrected chi connectivity index (χ2v) is 11.1. The highest BCUT2D eigenvalue weighted by atomic mass is 32.2. The molecule has 144 valence electrons. The zero-order valence-corrected chi connectivity index (χ0v) is 17.3. The predicted octanol–water partition coefficient (Wildman–Crippen LogP) is 3.93. The van der Waals surface area contributed by atoms with Gasteiger partial charge in [0.25, 0.3) is 20.2 Å². The van der Waals surface area contributed by atoms with E-state index in [1.165, 1.54) is 24.3 Å². The van der Waals surface area contributed by atoms with Gasteiger partial charge in [0.05, 0.1) is 0 Å². The molecule has 0 saturated carbocycles. The molecular formula is C18H24O6S2. The van der Waals surface area contributed by atoms with Gasteiger partial charge in [-0.05, 0) is 22.0 Å². The molecular weight excluding hydrogens is 376 g/mol. The van der Waals surface area contributed by atoms with Crippen molar-refractivity contribution >= 4 is 31.0 Å². The molecule has 0 saturated heterocycles. The summed E-state index contributed by atoms with van der Waals surface area (Å²) in [5, 5.41) is 0.112. The molecule has 0 aromatic heterocycles. The Kier molecular flexibility index (Phi) is 4.82. The lowest BCUT2D eigenvalue weighted by Crippen LogP contribution is -2.19. The lowest BCUT2D eigenvalue weighted by atomic mass is 9.83. The molecule has 0 aliphatic rings. The Morgan fingerprint density at radius 2 is 0.885 bits per heavy atom. The molecule has 0 amide bonds. The van der Waals surface area contributed by atoms with Crippen LogP contribution in [-0.2, 0) is 31.1 Å². The van der Waals surface area contributed by atoms with E-state index in [1.807, 2.05) is 0 Å². The fraction of sp³-hybridized carbons (Fsp3) is 0.444. The number of fused-ring (bicyclic) bond motifs is 1. The summed E-state index contributed by atoms with van der Waals surface area (Å²) in [7, 11) is -9.26. The Labute approximate surface area is 154 Å². The molecule has 0 atom stereocenters. The third-order valence-corrected chi connectivity index (χ3v) is 6.15. The minimum absolute atomic E-state index is 0.0561. The lowest BCUT2D eigenvalue weighted by molar-refractivity contribution is 0.474. The van der Waals surface area contributed by atoms with Gasteiger partial charge < -0.3 is 0 Å². The Bertz CT molecular complexity index is 994. The van der Waals surface area contributed by atoms with Crippen molar-refractivity contribution in [1.82, 2.24) is 0 Å². The van der Waals surface area contributed by atoms with Crippen LogP contribution in [0, 0.1) is 0 Å². The van der Waals surface area contributed by atoms with Crippen molar-refractivity contribution in [2.24, 2.45) is 0 Å². The molecule has 26 heavy (non-hydrogen) atoms. The Balaban J connectivity index is 3.20. The van der Waals surface area contributed by atoms with Crippen LogP contribution >= 0.6 is 0 Å². The highest BCUT2D eigenvalue weighted by molar-refractivity contribution is 7.86. The van der Waals surface area contributed by atoms with Crippen molar-refractivity contribution in [3.8, 4) is 0 Å². The van der Waals surface area contributed by atoms with Crippen LogP contribution in [0.1, 0.15) is 52.7 Å². The maximum atomic E-state index is 12.1. The van der Waals surface area contributed by atoms with Gasteiger partial charge in [-0.25, -0.2) is 0 Å². The zero-order valence-electron chi connectivity index (χ0n) is 15.7. The predicted molar refractivity (Wildman–Crippen MR) is 101 cm³/mol. The average Bonchev–Trinajstić information content (AvgIpc) is 2.40. The molecule has 8 heteroatoms. The van der Waals surface area contributed by atoms with Gasteiger partial charge in [0.1, 0.15) is 9.79 Å². The second-order valence-electron chi connectivity index (χ2n) is 8.43. The second kappa shape index (κ2) is 6.02. The van der Waals surface area contributed by atoms with Crippen LogP contribution in [0.3, 0.4) is 0 Å². The van der Waals surface area contributed by atoms with Crippen molar-refractivity contribution in [1.29, 1.82) is 0 Å². The van der Waals surface area contributed by atoms with Crippen LogP contribution < -0.4 is 0 Å². The van der Waals surface area contributed by atoms with Gasteiger partial charge in [0.2, 0.25) is 0 Å². The van der Waals surface area contributed by atoms with Gasteiger partial charge in [-0.3, -0.25) is 9.11 Å². The summed E-state index contributed by atoms with van der Waals surface area (Å²) in [5.41, 5.74) is -0.504. The standard InChI is InChI=1S/C18H24O6S2/c1-17(2,3)13-9-7-12-11(15(13)25(19,20)21)8-10-14(18(4,5)6)16(12)26(22,23)24/h7-10H,1-6H3,(H,19,20,21)(H,22,23,24). The van der Waals surface area contributed by atoms with Crippen LogP contribution in [0.2, 0.25) is 0 Å². The summed E-state index contributed by atoms with van der Waals surface area (Å²) in [6, 6.07) is 5.91. The fourth-order valence-corrected chi connectivity index (χ4v) is 5.30. The third-order valence-electron chi connectivity index (χ3n) is 4.23. The van der Waals surface area contributed by atoms with Gasteiger partial charge >= 0.3 is 0 Å². The van der Waals surface area contributed by atoms with Gasteiger partial charge in [0.15, 0.2) is 0 Å². The Morgan fingerprint density at radius 3 is 1.08 bits per heavy atom. The molecule has 2 aromatic rings. The SMILES string of the molecule is CC(C)(C)c1ccc2c(S(=O)(=O)O)c(C(C)(C)C)ccc2c1S(=O)(=O)O. The quantitative estimate of drug-likeness (QED) is 0.739. The van der Waals surface area contributed by atoms with Crippen LogP contribution in [-0.4, -0.2) is 25.9 Å². The van der Waals surface area contributed by atoms with Gasteiger partial charge in [-0.15, -0.1) is 0 Å². The first kappa shape index (κ1) is 20.8. The molecule has 0 fully saturated rings. The molecule has 0 aliphatic heterocycles. The fourth-order valence-electron chi connectivity index (χ4n) is 3.09. The topological polar surface area (TPSA) is 109 Å². The molecule has 0 unspecified atom stereocenters. The molecule has 0 radical (unpaired) electrons. The summed E-state index contributed by atoms with van der Waals surface area (Å²) in [6.45, 7) is 10.7.